The van der Waals surface area contributed by atoms with Gasteiger partial charge in [-0.1, -0.05) is 120 Å². The monoisotopic (exact) mass is 654 g/mol. The van der Waals surface area contributed by atoms with Crippen molar-refractivity contribution in [2.75, 3.05) is 0 Å². The molecule has 262 valence electrons. The zero-order valence-corrected chi connectivity index (χ0v) is 32.2. The first-order valence-electron chi connectivity index (χ1n) is 19.4. The van der Waals surface area contributed by atoms with Crippen LogP contribution in [0.15, 0.2) is 42.0 Å². The summed E-state index contributed by atoms with van der Waals surface area (Å²) >= 11 is 0. The molecule has 5 rings (SSSR count). The third-order valence-electron chi connectivity index (χ3n) is 12.0. The second-order valence-electron chi connectivity index (χ2n) is 16.8. The van der Waals surface area contributed by atoms with Gasteiger partial charge in [0.25, 0.3) is 0 Å². The number of rotatable bonds is 16. The van der Waals surface area contributed by atoms with Gasteiger partial charge < -0.3 is 18.6 Å². The maximum absolute atomic E-state index is 6.56. The van der Waals surface area contributed by atoms with E-state index in [1.165, 1.54) is 105 Å². The van der Waals surface area contributed by atoms with Crippen LogP contribution in [0.25, 0.3) is 16.7 Å². The van der Waals surface area contributed by atoms with Crippen molar-refractivity contribution < 1.29 is 18.6 Å². The van der Waals surface area contributed by atoms with Crippen molar-refractivity contribution in [2.24, 2.45) is 0 Å². The molecule has 3 aliphatic rings. The molecule has 6 heteroatoms. The molecule has 0 bridgehead atoms. The van der Waals surface area contributed by atoms with E-state index in [-0.39, 0.29) is 36.6 Å². The average Bonchev–Trinajstić information content (AvgIpc) is 3.55. The van der Waals surface area contributed by atoms with E-state index in [1.807, 2.05) is 0 Å². The molecule has 0 radical (unpaired) electrons. The topological polar surface area (TPSA) is 36.9 Å². The molecular weight excluding hydrogens is 590 g/mol. The number of hydrogen-bond donors (Lipinski definition) is 0. The van der Waals surface area contributed by atoms with Crippen LogP contribution in [-0.4, -0.2) is 36.6 Å². The fourth-order valence-corrected chi connectivity index (χ4v) is 7.40. The van der Waals surface area contributed by atoms with Crippen molar-refractivity contribution in [3.8, 4) is 11.1 Å². The molecule has 2 heterocycles. The Bertz CT molecular complexity index is 1300. The first kappa shape index (κ1) is 37.4. The van der Waals surface area contributed by atoms with E-state index in [4.69, 9.17) is 18.6 Å². The molecule has 48 heavy (non-hydrogen) atoms. The van der Waals surface area contributed by atoms with Crippen molar-refractivity contribution >= 4 is 30.7 Å². The van der Waals surface area contributed by atoms with Crippen LogP contribution in [-0.2, 0) is 18.6 Å². The van der Waals surface area contributed by atoms with Gasteiger partial charge in [0.15, 0.2) is 0 Å². The maximum Gasteiger partial charge on any atom is 0.494 e. The lowest BCUT2D eigenvalue weighted by Gasteiger charge is -2.32. The molecule has 4 nitrogen and oxygen atoms in total. The van der Waals surface area contributed by atoms with Gasteiger partial charge in [-0.05, 0) is 120 Å². The third kappa shape index (κ3) is 7.88. The van der Waals surface area contributed by atoms with Gasteiger partial charge in [-0.15, -0.1) is 0 Å². The van der Waals surface area contributed by atoms with Crippen molar-refractivity contribution in [3.63, 3.8) is 0 Å². The van der Waals surface area contributed by atoms with Crippen molar-refractivity contribution in [2.45, 2.75) is 182 Å². The Labute approximate surface area is 294 Å². The summed E-state index contributed by atoms with van der Waals surface area (Å²) < 4.78 is 26.2. The quantitative estimate of drug-likeness (QED) is 0.114. The largest absolute Gasteiger partial charge is 0.494 e. The SMILES string of the molecule is CCCCCCCCC(CCCCCCCC)=C1c2cc(B3OC(C)(C)C(C)(C)O3)ccc2-c2ccc(B3OC(C)(C)C(C)(C)O3)cc21. The van der Waals surface area contributed by atoms with Crippen LogP contribution in [0, 0.1) is 0 Å². The van der Waals surface area contributed by atoms with Crippen molar-refractivity contribution in [1.82, 2.24) is 0 Å². The van der Waals surface area contributed by atoms with Gasteiger partial charge in [0.2, 0.25) is 0 Å². The molecule has 2 saturated heterocycles. The van der Waals surface area contributed by atoms with E-state index >= 15 is 0 Å². The predicted octanol–water partition coefficient (Wildman–Crippen LogP) is 10.6. The molecule has 0 atom stereocenters. The van der Waals surface area contributed by atoms with Gasteiger partial charge in [0, 0.05) is 0 Å². The Kier molecular flexibility index (Phi) is 11.8. The van der Waals surface area contributed by atoms with Gasteiger partial charge in [-0.3, -0.25) is 0 Å². The minimum Gasteiger partial charge on any atom is -0.399 e. The number of hydrogen-bond acceptors (Lipinski definition) is 4. The third-order valence-corrected chi connectivity index (χ3v) is 12.0. The summed E-state index contributed by atoms with van der Waals surface area (Å²) in [5.74, 6) is 0. The second kappa shape index (κ2) is 15.2. The zero-order chi connectivity index (χ0) is 34.7. The lowest BCUT2D eigenvalue weighted by molar-refractivity contribution is 0.00578. The summed E-state index contributed by atoms with van der Waals surface area (Å²) in [6.45, 7) is 21.7. The summed E-state index contributed by atoms with van der Waals surface area (Å²) in [5.41, 5.74) is 9.00. The second-order valence-corrected chi connectivity index (χ2v) is 16.8. The molecule has 0 N–H and O–H groups in total. The highest BCUT2D eigenvalue weighted by Crippen LogP contribution is 2.48. The molecule has 2 fully saturated rings. The van der Waals surface area contributed by atoms with E-state index in [9.17, 15) is 0 Å². The highest BCUT2D eigenvalue weighted by molar-refractivity contribution is 6.62. The molecule has 0 spiro atoms. The number of benzene rings is 2. The first-order valence-corrected chi connectivity index (χ1v) is 19.4. The number of allylic oxidation sites excluding steroid dienone is 1. The van der Waals surface area contributed by atoms with E-state index in [2.05, 4.69) is 106 Å². The van der Waals surface area contributed by atoms with Crippen molar-refractivity contribution in [3.05, 3.63) is 53.1 Å². The van der Waals surface area contributed by atoms with Crippen LogP contribution in [0.2, 0.25) is 0 Å². The lowest BCUT2D eigenvalue weighted by Crippen LogP contribution is -2.41. The summed E-state index contributed by atoms with van der Waals surface area (Å²) in [6.07, 6.45) is 18.0. The van der Waals surface area contributed by atoms with Gasteiger partial charge in [0.1, 0.15) is 0 Å². The minimum absolute atomic E-state index is 0.378. The Hall–Kier alpha value is -1.85. The Morgan fingerprint density at radius 1 is 0.458 bits per heavy atom. The average molecular weight is 655 g/mol. The summed E-state index contributed by atoms with van der Waals surface area (Å²) in [6, 6.07) is 13.8. The molecular formula is C42H64B2O4. The van der Waals surface area contributed by atoms with E-state index < -0.39 is 0 Å². The molecule has 0 saturated carbocycles. The normalized spacial score (nSPS) is 20.0. The fourth-order valence-electron chi connectivity index (χ4n) is 7.40. The fraction of sp³-hybridized carbons (Fsp3) is 0.667. The molecule has 1 aliphatic carbocycles. The Morgan fingerprint density at radius 2 is 0.792 bits per heavy atom. The highest BCUT2D eigenvalue weighted by atomic mass is 16.7. The van der Waals surface area contributed by atoms with Gasteiger partial charge >= 0.3 is 14.2 Å². The van der Waals surface area contributed by atoms with Crippen LogP contribution in [0.5, 0.6) is 0 Å². The molecule has 0 aromatic heterocycles. The van der Waals surface area contributed by atoms with Crippen LogP contribution in [0.4, 0.5) is 0 Å². The lowest BCUT2D eigenvalue weighted by atomic mass is 9.76. The Balaban J connectivity index is 1.55. The highest BCUT2D eigenvalue weighted by Gasteiger charge is 2.53. The summed E-state index contributed by atoms with van der Waals surface area (Å²) in [4.78, 5) is 0. The maximum atomic E-state index is 6.56. The van der Waals surface area contributed by atoms with Gasteiger partial charge in [-0.25, -0.2) is 0 Å². The zero-order valence-electron chi connectivity index (χ0n) is 32.2. The molecule has 2 aliphatic heterocycles. The first-order chi connectivity index (χ1) is 22.7. The van der Waals surface area contributed by atoms with Crippen LogP contribution in [0.3, 0.4) is 0 Å². The standard InChI is InChI=1S/C42H64B2O4/c1-11-13-15-17-19-21-23-31(24-22-20-18-16-14-12-2)38-36-29-32(43-45-39(3,4)40(5,6)46-43)25-27-34(36)35-28-26-33(30-37(35)38)44-47-41(7,8)42(9,10)48-44/h25-30H,11-24H2,1-10H3. The number of unbranched alkanes of at least 4 members (excludes halogenated alkanes) is 10. The number of fused-ring (bicyclic) bond motifs is 3. The van der Waals surface area contributed by atoms with E-state index in [0.717, 1.165) is 23.8 Å². The van der Waals surface area contributed by atoms with Gasteiger partial charge in [-0.2, -0.15) is 0 Å². The smallest absolute Gasteiger partial charge is 0.399 e. The summed E-state index contributed by atoms with van der Waals surface area (Å²) in [7, 11) is -0.766. The Morgan fingerprint density at radius 3 is 1.15 bits per heavy atom. The van der Waals surface area contributed by atoms with Crippen LogP contribution in [0.1, 0.15) is 170 Å². The summed E-state index contributed by atoms with van der Waals surface area (Å²) in [5, 5.41) is 0. The van der Waals surface area contributed by atoms with E-state index in [0.29, 0.717) is 0 Å². The van der Waals surface area contributed by atoms with Crippen LogP contribution < -0.4 is 10.9 Å². The minimum atomic E-state index is -0.383. The molecule has 2 aromatic carbocycles. The molecule has 2 aromatic rings. The van der Waals surface area contributed by atoms with Crippen molar-refractivity contribution in [1.29, 1.82) is 0 Å². The van der Waals surface area contributed by atoms with Crippen LogP contribution >= 0.6 is 0 Å². The van der Waals surface area contributed by atoms with E-state index in [1.54, 1.807) is 5.57 Å². The molecule has 0 unspecified atom stereocenters. The van der Waals surface area contributed by atoms with Gasteiger partial charge in [0.05, 0.1) is 22.4 Å². The predicted molar refractivity (Wildman–Crippen MR) is 205 cm³/mol. The molecule has 0 amide bonds.